The molecule has 1 heterocycles. The van der Waals surface area contributed by atoms with Crippen molar-refractivity contribution in [1.82, 2.24) is 4.90 Å². The minimum atomic E-state index is 0.0421. The van der Waals surface area contributed by atoms with Gasteiger partial charge in [-0.1, -0.05) is 6.42 Å². The van der Waals surface area contributed by atoms with Crippen LogP contribution < -0.4 is 0 Å². The summed E-state index contributed by atoms with van der Waals surface area (Å²) >= 11 is 0. The first-order valence-electron chi connectivity index (χ1n) is 6.03. The molecule has 0 aromatic rings. The first-order valence-corrected chi connectivity index (χ1v) is 6.03. The first kappa shape index (κ1) is 9.37. The van der Waals surface area contributed by atoms with E-state index in [0.717, 1.165) is 12.8 Å². The Kier molecular flexibility index (Phi) is 1.91. The standard InChI is InChI=1S/C12H17NO2/c14-10-3-6-13(7-4-10)11(15)12-5-1-2-9(12)8-12/h9H,1-8H2. The minimum absolute atomic E-state index is 0.0421. The predicted molar refractivity (Wildman–Crippen MR) is 55.2 cm³/mol. The van der Waals surface area contributed by atoms with Gasteiger partial charge in [0.2, 0.25) is 5.91 Å². The molecule has 0 spiro atoms. The smallest absolute Gasteiger partial charge is 0.229 e. The molecular formula is C12H17NO2. The van der Waals surface area contributed by atoms with Gasteiger partial charge in [-0.3, -0.25) is 9.59 Å². The number of amides is 1. The van der Waals surface area contributed by atoms with Gasteiger partial charge in [-0.15, -0.1) is 0 Å². The lowest BCUT2D eigenvalue weighted by atomic mass is 10.00. The molecule has 1 amide bonds. The second kappa shape index (κ2) is 3.06. The van der Waals surface area contributed by atoms with E-state index in [9.17, 15) is 9.59 Å². The molecule has 15 heavy (non-hydrogen) atoms. The fraction of sp³-hybridized carbons (Fsp3) is 0.833. The monoisotopic (exact) mass is 207 g/mol. The van der Waals surface area contributed by atoms with Crippen LogP contribution in [0, 0.1) is 11.3 Å². The van der Waals surface area contributed by atoms with Crippen molar-refractivity contribution >= 4 is 11.7 Å². The number of Topliss-reactive ketones (excluding diaryl/α,β-unsaturated/α-hetero) is 1. The van der Waals surface area contributed by atoms with E-state index in [4.69, 9.17) is 0 Å². The molecule has 3 heteroatoms. The van der Waals surface area contributed by atoms with Crippen molar-refractivity contribution in [3.05, 3.63) is 0 Å². The van der Waals surface area contributed by atoms with Crippen molar-refractivity contribution in [2.24, 2.45) is 11.3 Å². The number of piperidine rings is 1. The molecule has 0 N–H and O–H groups in total. The van der Waals surface area contributed by atoms with Crippen LogP contribution >= 0.6 is 0 Å². The molecule has 3 nitrogen and oxygen atoms in total. The van der Waals surface area contributed by atoms with E-state index in [1.165, 1.54) is 12.8 Å². The van der Waals surface area contributed by atoms with Crippen molar-refractivity contribution in [3.63, 3.8) is 0 Å². The third kappa shape index (κ3) is 1.32. The lowest BCUT2D eigenvalue weighted by Gasteiger charge is -2.29. The van der Waals surface area contributed by atoms with Gasteiger partial charge in [0, 0.05) is 25.9 Å². The summed E-state index contributed by atoms with van der Waals surface area (Å²) in [5.74, 6) is 1.36. The van der Waals surface area contributed by atoms with Crippen LogP contribution in [0.5, 0.6) is 0 Å². The lowest BCUT2D eigenvalue weighted by molar-refractivity contribution is -0.139. The molecule has 2 aliphatic carbocycles. The molecule has 3 fully saturated rings. The molecule has 2 saturated carbocycles. The van der Waals surface area contributed by atoms with Gasteiger partial charge in [-0.2, -0.15) is 0 Å². The highest BCUT2D eigenvalue weighted by molar-refractivity contribution is 5.89. The molecule has 82 valence electrons. The highest BCUT2D eigenvalue weighted by atomic mass is 16.2. The van der Waals surface area contributed by atoms with Gasteiger partial charge in [0.15, 0.2) is 0 Å². The van der Waals surface area contributed by atoms with Crippen molar-refractivity contribution in [1.29, 1.82) is 0 Å². The van der Waals surface area contributed by atoms with Gasteiger partial charge in [0.05, 0.1) is 5.41 Å². The summed E-state index contributed by atoms with van der Waals surface area (Å²) in [6, 6.07) is 0. The zero-order valence-electron chi connectivity index (χ0n) is 9.00. The predicted octanol–water partition coefficient (Wildman–Crippen LogP) is 1.37. The summed E-state index contributed by atoms with van der Waals surface area (Å²) in [6.45, 7) is 1.35. The van der Waals surface area contributed by atoms with E-state index in [1.54, 1.807) is 0 Å². The molecule has 0 radical (unpaired) electrons. The second-order valence-electron chi connectivity index (χ2n) is 5.28. The molecule has 2 atom stereocenters. The molecule has 3 rings (SSSR count). The van der Waals surface area contributed by atoms with Crippen LogP contribution in [0.4, 0.5) is 0 Å². The Morgan fingerprint density at radius 2 is 2.07 bits per heavy atom. The highest BCUT2D eigenvalue weighted by Gasteiger charge is 2.62. The Hall–Kier alpha value is -0.860. The van der Waals surface area contributed by atoms with Crippen molar-refractivity contribution < 1.29 is 9.59 Å². The molecule has 0 aromatic carbocycles. The van der Waals surface area contributed by atoms with Crippen LogP contribution in [0.3, 0.4) is 0 Å². The summed E-state index contributed by atoms with van der Waals surface area (Å²) in [7, 11) is 0. The van der Waals surface area contributed by atoms with Crippen molar-refractivity contribution in [2.45, 2.75) is 38.5 Å². The zero-order valence-corrected chi connectivity index (χ0v) is 9.00. The average molecular weight is 207 g/mol. The second-order valence-corrected chi connectivity index (χ2v) is 5.28. The molecule has 2 unspecified atom stereocenters. The Morgan fingerprint density at radius 3 is 2.60 bits per heavy atom. The number of fused-ring (bicyclic) bond motifs is 1. The Labute approximate surface area is 89.8 Å². The summed E-state index contributed by atoms with van der Waals surface area (Å²) < 4.78 is 0. The molecule has 0 bridgehead atoms. The number of carbonyl (C=O) groups excluding carboxylic acids is 2. The van der Waals surface area contributed by atoms with Crippen LogP contribution in [0.2, 0.25) is 0 Å². The zero-order chi connectivity index (χ0) is 10.5. The van der Waals surface area contributed by atoms with E-state index in [1.807, 2.05) is 4.90 Å². The van der Waals surface area contributed by atoms with Gasteiger partial charge in [0.1, 0.15) is 5.78 Å². The molecule has 1 aliphatic heterocycles. The van der Waals surface area contributed by atoms with Gasteiger partial charge in [-0.05, 0) is 25.2 Å². The van der Waals surface area contributed by atoms with Crippen LogP contribution in [-0.4, -0.2) is 29.7 Å². The molecular weight excluding hydrogens is 190 g/mol. The SMILES string of the molecule is O=C1CCN(C(=O)C23CCCC2C3)CC1. The van der Waals surface area contributed by atoms with E-state index in [-0.39, 0.29) is 5.41 Å². The van der Waals surface area contributed by atoms with Crippen molar-refractivity contribution in [3.8, 4) is 0 Å². The number of rotatable bonds is 1. The Bertz CT molecular complexity index is 316. The summed E-state index contributed by atoms with van der Waals surface area (Å²) in [4.78, 5) is 25.3. The number of ketones is 1. The summed E-state index contributed by atoms with van der Waals surface area (Å²) in [6.07, 6.45) is 5.85. The fourth-order valence-electron chi connectivity index (χ4n) is 3.37. The normalized spacial score (nSPS) is 39.1. The maximum absolute atomic E-state index is 12.3. The topological polar surface area (TPSA) is 37.4 Å². The van der Waals surface area contributed by atoms with Gasteiger partial charge >= 0.3 is 0 Å². The minimum Gasteiger partial charge on any atom is -0.341 e. The van der Waals surface area contributed by atoms with E-state index in [2.05, 4.69) is 0 Å². The maximum Gasteiger partial charge on any atom is 0.229 e. The first-order chi connectivity index (χ1) is 7.22. The third-order valence-electron chi connectivity index (χ3n) is 4.44. The van der Waals surface area contributed by atoms with Gasteiger partial charge in [0.25, 0.3) is 0 Å². The lowest BCUT2D eigenvalue weighted by Crippen LogP contribution is -2.42. The van der Waals surface area contributed by atoms with Crippen molar-refractivity contribution in [2.75, 3.05) is 13.1 Å². The number of hydrogen-bond donors (Lipinski definition) is 0. The number of nitrogens with zero attached hydrogens (tertiary/aromatic N) is 1. The molecule has 3 aliphatic rings. The van der Waals surface area contributed by atoms with Gasteiger partial charge < -0.3 is 4.90 Å². The number of carbonyl (C=O) groups is 2. The fourth-order valence-corrected chi connectivity index (χ4v) is 3.37. The Balaban J connectivity index is 1.68. The quantitative estimate of drug-likeness (QED) is 0.651. The summed E-state index contributed by atoms with van der Waals surface area (Å²) in [5, 5.41) is 0. The number of likely N-dealkylation sites (tertiary alicyclic amines) is 1. The van der Waals surface area contributed by atoms with E-state index >= 15 is 0 Å². The Morgan fingerprint density at radius 1 is 1.33 bits per heavy atom. The largest absolute Gasteiger partial charge is 0.341 e. The van der Waals surface area contributed by atoms with E-state index < -0.39 is 0 Å². The van der Waals surface area contributed by atoms with Crippen LogP contribution in [0.15, 0.2) is 0 Å². The van der Waals surface area contributed by atoms with Crippen LogP contribution in [-0.2, 0) is 9.59 Å². The molecule has 0 aromatic heterocycles. The third-order valence-corrected chi connectivity index (χ3v) is 4.44. The highest BCUT2D eigenvalue weighted by Crippen LogP contribution is 2.64. The average Bonchev–Trinajstić information content (AvgIpc) is 2.82. The number of hydrogen-bond acceptors (Lipinski definition) is 2. The van der Waals surface area contributed by atoms with Crippen LogP contribution in [0.1, 0.15) is 38.5 Å². The van der Waals surface area contributed by atoms with E-state index in [0.29, 0.717) is 43.5 Å². The molecule has 1 saturated heterocycles. The summed E-state index contributed by atoms with van der Waals surface area (Å²) in [5.41, 5.74) is 0.0421. The van der Waals surface area contributed by atoms with Gasteiger partial charge in [-0.25, -0.2) is 0 Å². The van der Waals surface area contributed by atoms with Crippen LogP contribution in [0.25, 0.3) is 0 Å². The maximum atomic E-state index is 12.3.